The van der Waals surface area contributed by atoms with E-state index in [2.05, 4.69) is 4.98 Å². The van der Waals surface area contributed by atoms with Crippen molar-refractivity contribution in [1.29, 1.82) is 0 Å². The van der Waals surface area contributed by atoms with E-state index in [1.165, 1.54) is 17.0 Å². The highest BCUT2D eigenvalue weighted by Gasteiger charge is 2.19. The minimum atomic E-state index is -1.47. The molecule has 0 unspecified atom stereocenters. The average Bonchev–Trinajstić information content (AvgIpc) is 2.75. The van der Waals surface area contributed by atoms with Crippen LogP contribution in [0.4, 0.5) is 13.2 Å². The first-order chi connectivity index (χ1) is 8.30. The Labute approximate surface area is 103 Å². The van der Waals surface area contributed by atoms with Gasteiger partial charge < -0.3 is 4.57 Å². The van der Waals surface area contributed by atoms with Crippen molar-refractivity contribution >= 4 is 0 Å². The van der Waals surface area contributed by atoms with Gasteiger partial charge in [0, 0.05) is 11.6 Å². The molecule has 0 aliphatic carbocycles. The molecule has 0 aliphatic heterocycles. The van der Waals surface area contributed by atoms with Crippen LogP contribution in [0.1, 0.15) is 26.5 Å². The molecule has 96 valence electrons. The maximum absolute atomic E-state index is 13.6. The van der Waals surface area contributed by atoms with Crippen LogP contribution in [0.2, 0.25) is 0 Å². The number of hydrogen-bond donors (Lipinski definition) is 0. The summed E-state index contributed by atoms with van der Waals surface area (Å²) in [5.41, 5.74) is 0.490. The van der Waals surface area contributed by atoms with E-state index in [9.17, 15) is 13.2 Å². The van der Waals surface area contributed by atoms with Crippen LogP contribution >= 0.6 is 0 Å². The second-order valence-corrected chi connectivity index (χ2v) is 5.11. The number of rotatable bonds is 1. The van der Waals surface area contributed by atoms with Gasteiger partial charge in [-0.2, -0.15) is 0 Å². The fraction of sp³-hybridized carbons (Fsp3) is 0.308. The first-order valence-corrected chi connectivity index (χ1v) is 5.49. The summed E-state index contributed by atoms with van der Waals surface area (Å²) in [5.74, 6) is -3.89. The predicted octanol–water partition coefficient (Wildman–Crippen LogP) is 3.59. The Bertz CT molecular complexity index is 582. The van der Waals surface area contributed by atoms with Crippen molar-refractivity contribution in [2.75, 3.05) is 0 Å². The number of hydrogen-bond acceptors (Lipinski definition) is 1. The van der Waals surface area contributed by atoms with Crippen molar-refractivity contribution in [2.45, 2.75) is 26.2 Å². The highest BCUT2D eigenvalue weighted by molar-refractivity contribution is 5.35. The molecule has 0 bridgehead atoms. The molecule has 0 spiro atoms. The van der Waals surface area contributed by atoms with E-state index in [0.717, 1.165) is 11.8 Å². The molecule has 0 saturated heterocycles. The summed E-state index contributed by atoms with van der Waals surface area (Å²) in [6, 6.07) is 2.08. The molecule has 1 heterocycles. The smallest absolute Gasteiger partial charge is 0.196 e. The first-order valence-electron chi connectivity index (χ1n) is 5.49. The molecule has 0 aliphatic rings. The number of benzene rings is 1. The normalized spacial score (nSPS) is 11.9. The summed E-state index contributed by atoms with van der Waals surface area (Å²) in [4.78, 5) is 4.14. The third-order valence-electron chi connectivity index (χ3n) is 2.64. The molecule has 1 aromatic heterocycles. The summed E-state index contributed by atoms with van der Waals surface area (Å²) in [6.07, 6.45) is 2.99. The molecular formula is C13H13F3N2. The summed E-state index contributed by atoms with van der Waals surface area (Å²) in [5, 5.41) is 0. The molecule has 2 aromatic rings. The minimum Gasteiger partial charge on any atom is -0.303 e. The van der Waals surface area contributed by atoms with Crippen LogP contribution < -0.4 is 0 Å². The molecule has 2 rings (SSSR count). The van der Waals surface area contributed by atoms with E-state index in [4.69, 9.17) is 0 Å². The summed E-state index contributed by atoms with van der Waals surface area (Å²) in [6.45, 7) is 5.88. The van der Waals surface area contributed by atoms with Gasteiger partial charge in [-0.05, 0) is 12.1 Å². The monoisotopic (exact) mass is 254 g/mol. The molecule has 0 saturated carbocycles. The van der Waals surface area contributed by atoms with E-state index >= 15 is 0 Å². The van der Waals surface area contributed by atoms with Crippen molar-refractivity contribution in [3.8, 4) is 5.69 Å². The number of imidazole rings is 1. The van der Waals surface area contributed by atoms with Crippen LogP contribution in [0.15, 0.2) is 24.7 Å². The molecule has 5 heteroatoms. The van der Waals surface area contributed by atoms with Gasteiger partial charge in [-0.3, -0.25) is 0 Å². The molecule has 0 fully saturated rings. The Kier molecular flexibility index (Phi) is 2.92. The fourth-order valence-corrected chi connectivity index (χ4v) is 1.56. The van der Waals surface area contributed by atoms with E-state index < -0.39 is 17.5 Å². The maximum Gasteiger partial charge on any atom is 0.196 e. The highest BCUT2D eigenvalue weighted by Crippen LogP contribution is 2.23. The van der Waals surface area contributed by atoms with E-state index in [1.54, 1.807) is 6.20 Å². The lowest BCUT2D eigenvalue weighted by atomic mass is 9.93. The largest absolute Gasteiger partial charge is 0.303 e. The standard InChI is InChI=1S/C13H13F3N2/c1-13(2,3)10-6-18(7-17-10)9-5-4-8(14)11(15)12(9)16/h4-7H,1-3H3. The quantitative estimate of drug-likeness (QED) is 0.711. The average molecular weight is 254 g/mol. The second-order valence-electron chi connectivity index (χ2n) is 5.11. The zero-order valence-electron chi connectivity index (χ0n) is 10.3. The highest BCUT2D eigenvalue weighted by atomic mass is 19.2. The zero-order chi connectivity index (χ0) is 13.5. The van der Waals surface area contributed by atoms with E-state index in [1.807, 2.05) is 20.8 Å². The van der Waals surface area contributed by atoms with Gasteiger partial charge in [0.2, 0.25) is 0 Å². The van der Waals surface area contributed by atoms with Gasteiger partial charge in [-0.1, -0.05) is 20.8 Å². The number of aromatic nitrogens is 2. The Balaban J connectivity index is 2.50. The van der Waals surface area contributed by atoms with Crippen molar-refractivity contribution in [3.05, 3.63) is 47.8 Å². The van der Waals surface area contributed by atoms with E-state index in [0.29, 0.717) is 0 Å². The molecule has 0 atom stereocenters. The minimum absolute atomic E-state index is 0.0584. The van der Waals surface area contributed by atoms with Gasteiger partial charge in [-0.15, -0.1) is 0 Å². The second kappa shape index (κ2) is 4.15. The van der Waals surface area contributed by atoms with Crippen LogP contribution in [0, 0.1) is 17.5 Å². The summed E-state index contributed by atoms with van der Waals surface area (Å²) in [7, 11) is 0. The SMILES string of the molecule is CC(C)(C)c1cn(-c2ccc(F)c(F)c2F)cn1. The van der Waals surface area contributed by atoms with Gasteiger partial charge in [0.1, 0.15) is 0 Å². The third kappa shape index (κ3) is 2.12. The van der Waals surface area contributed by atoms with Crippen LogP contribution in [-0.2, 0) is 5.41 Å². The van der Waals surface area contributed by atoms with Crippen LogP contribution in [0.25, 0.3) is 5.69 Å². The molecular weight excluding hydrogens is 241 g/mol. The fourth-order valence-electron chi connectivity index (χ4n) is 1.56. The lowest BCUT2D eigenvalue weighted by molar-refractivity contribution is 0.444. The summed E-state index contributed by atoms with van der Waals surface area (Å²) < 4.78 is 40.9. The third-order valence-corrected chi connectivity index (χ3v) is 2.64. The van der Waals surface area contributed by atoms with Gasteiger partial charge in [0.05, 0.1) is 17.7 Å². The molecule has 0 amide bonds. The molecule has 2 nitrogen and oxygen atoms in total. The van der Waals surface area contributed by atoms with Crippen molar-refractivity contribution in [1.82, 2.24) is 9.55 Å². The van der Waals surface area contributed by atoms with Crippen LogP contribution in [-0.4, -0.2) is 9.55 Å². The van der Waals surface area contributed by atoms with Crippen molar-refractivity contribution < 1.29 is 13.2 Å². The Morgan fingerprint density at radius 3 is 2.28 bits per heavy atom. The topological polar surface area (TPSA) is 17.8 Å². The summed E-state index contributed by atoms with van der Waals surface area (Å²) >= 11 is 0. The Morgan fingerprint density at radius 1 is 1.06 bits per heavy atom. The van der Waals surface area contributed by atoms with Crippen molar-refractivity contribution in [2.24, 2.45) is 0 Å². The van der Waals surface area contributed by atoms with Crippen LogP contribution in [0.5, 0.6) is 0 Å². The first kappa shape index (κ1) is 12.7. The lowest BCUT2D eigenvalue weighted by Crippen LogP contribution is -2.11. The number of halogens is 3. The predicted molar refractivity (Wildman–Crippen MR) is 62.1 cm³/mol. The molecule has 18 heavy (non-hydrogen) atoms. The van der Waals surface area contributed by atoms with E-state index in [-0.39, 0.29) is 11.1 Å². The van der Waals surface area contributed by atoms with Crippen molar-refractivity contribution in [3.63, 3.8) is 0 Å². The molecule has 1 aromatic carbocycles. The molecule has 0 N–H and O–H groups in total. The van der Waals surface area contributed by atoms with Gasteiger partial charge in [0.25, 0.3) is 0 Å². The Hall–Kier alpha value is -1.78. The van der Waals surface area contributed by atoms with Gasteiger partial charge in [-0.25, -0.2) is 18.2 Å². The Morgan fingerprint density at radius 2 is 1.72 bits per heavy atom. The van der Waals surface area contributed by atoms with Gasteiger partial charge in [0.15, 0.2) is 17.5 Å². The zero-order valence-corrected chi connectivity index (χ0v) is 10.3. The number of nitrogens with zero attached hydrogens (tertiary/aromatic N) is 2. The lowest BCUT2D eigenvalue weighted by Gasteiger charge is -2.14. The molecule has 0 radical (unpaired) electrons. The maximum atomic E-state index is 13.6. The van der Waals surface area contributed by atoms with Gasteiger partial charge >= 0.3 is 0 Å². The van der Waals surface area contributed by atoms with Crippen LogP contribution in [0.3, 0.4) is 0 Å².